The molecule has 1 N–H and O–H groups in total. The molecule has 0 radical (unpaired) electrons. The average molecular weight is 375 g/mol. The molecule has 138 valence electrons. The summed E-state index contributed by atoms with van der Waals surface area (Å²) in [4.78, 5) is 4.37. The van der Waals surface area contributed by atoms with Crippen molar-refractivity contribution in [3.63, 3.8) is 0 Å². The Labute approximate surface area is 152 Å². The van der Waals surface area contributed by atoms with Crippen LogP contribution in [0, 0.1) is 0 Å². The molecule has 0 spiro atoms. The Kier molecular flexibility index (Phi) is 4.62. The molecule has 0 saturated carbocycles. The third kappa shape index (κ3) is 3.50. The van der Waals surface area contributed by atoms with E-state index in [1.165, 1.54) is 6.07 Å². The Morgan fingerprint density at radius 2 is 2.00 bits per heavy atom. The highest BCUT2D eigenvalue weighted by atomic mass is 32.2. The van der Waals surface area contributed by atoms with Gasteiger partial charge in [0.15, 0.2) is 5.82 Å². The lowest BCUT2D eigenvalue weighted by Crippen LogP contribution is -2.14. The molecule has 3 rings (SSSR count). The van der Waals surface area contributed by atoms with Gasteiger partial charge in [-0.15, -0.1) is 0 Å². The summed E-state index contributed by atoms with van der Waals surface area (Å²) in [6.45, 7) is 8.19. The van der Waals surface area contributed by atoms with Crippen LogP contribution in [0.3, 0.4) is 0 Å². The Balaban J connectivity index is 2.02. The molecule has 0 atom stereocenters. The predicted molar refractivity (Wildman–Crippen MR) is 98.9 cm³/mol. The fourth-order valence-electron chi connectivity index (χ4n) is 2.50. The van der Waals surface area contributed by atoms with Crippen molar-refractivity contribution in [2.45, 2.75) is 38.0 Å². The van der Waals surface area contributed by atoms with Crippen LogP contribution in [0.5, 0.6) is 5.75 Å². The number of rotatable bonds is 5. The number of fused-ring (bicyclic) bond motifs is 1. The number of hydrogen-bond donors (Lipinski definition) is 1. The molecule has 26 heavy (non-hydrogen) atoms. The van der Waals surface area contributed by atoms with E-state index < -0.39 is 10.0 Å². The number of nitrogens with one attached hydrogen (secondary N) is 1. The van der Waals surface area contributed by atoms with E-state index in [2.05, 4.69) is 14.9 Å². The van der Waals surface area contributed by atoms with Crippen LogP contribution in [0.4, 0.5) is 5.82 Å². The molecule has 0 aliphatic heterocycles. The molecule has 3 aromatic rings. The van der Waals surface area contributed by atoms with Gasteiger partial charge < -0.3 is 9.26 Å². The van der Waals surface area contributed by atoms with Crippen LogP contribution in [0.2, 0.25) is 0 Å². The van der Waals surface area contributed by atoms with Gasteiger partial charge in [0.1, 0.15) is 17.0 Å². The lowest BCUT2D eigenvalue weighted by atomic mass is 9.93. The first kappa shape index (κ1) is 18.2. The number of aromatic nitrogens is 2. The summed E-state index contributed by atoms with van der Waals surface area (Å²) in [6, 6.07) is 8.08. The molecule has 2 aromatic heterocycles. The summed E-state index contributed by atoms with van der Waals surface area (Å²) in [6.07, 6.45) is 1.60. The number of benzene rings is 1. The van der Waals surface area contributed by atoms with E-state index in [1.54, 1.807) is 30.5 Å². The van der Waals surface area contributed by atoms with E-state index in [9.17, 15) is 8.42 Å². The first-order chi connectivity index (χ1) is 12.2. The molecule has 0 aliphatic carbocycles. The Morgan fingerprint density at radius 1 is 1.23 bits per heavy atom. The number of hydrogen-bond acceptors (Lipinski definition) is 6. The van der Waals surface area contributed by atoms with Gasteiger partial charge in [-0.1, -0.05) is 25.9 Å². The fraction of sp³-hybridized carbons (Fsp3) is 0.333. The van der Waals surface area contributed by atoms with Crippen molar-refractivity contribution in [3.05, 3.63) is 42.3 Å². The van der Waals surface area contributed by atoms with Gasteiger partial charge in [-0.2, -0.15) is 0 Å². The maximum Gasteiger partial charge on any atom is 0.263 e. The van der Waals surface area contributed by atoms with E-state index in [4.69, 9.17) is 9.26 Å². The molecule has 0 amide bonds. The fourth-order valence-corrected chi connectivity index (χ4v) is 3.68. The normalized spacial score (nSPS) is 12.3. The highest BCUT2D eigenvalue weighted by molar-refractivity contribution is 7.93. The van der Waals surface area contributed by atoms with Crippen molar-refractivity contribution in [2.24, 2.45) is 0 Å². The standard InChI is InChI=1S/C18H21N3O4S/c1-5-24-13-8-9-14(12-7-6-10-19-17(12)13)26(22,23)21-16-11-15(25-20-16)18(2,3)4/h6-11H,5H2,1-4H3,(H,20,21). The number of anilines is 1. The van der Waals surface area contributed by atoms with Crippen molar-refractivity contribution in [1.82, 2.24) is 10.1 Å². The molecule has 8 heteroatoms. The maximum absolute atomic E-state index is 12.9. The number of pyridine rings is 1. The second kappa shape index (κ2) is 6.60. The third-order valence-corrected chi connectivity index (χ3v) is 5.18. The Hall–Kier alpha value is -2.61. The lowest BCUT2D eigenvalue weighted by molar-refractivity contribution is 0.331. The van der Waals surface area contributed by atoms with E-state index in [0.717, 1.165) is 0 Å². The lowest BCUT2D eigenvalue weighted by Gasteiger charge is -2.12. The zero-order valence-electron chi connectivity index (χ0n) is 15.1. The minimum absolute atomic E-state index is 0.101. The molecule has 2 heterocycles. The van der Waals surface area contributed by atoms with Crippen molar-refractivity contribution < 1.29 is 17.7 Å². The van der Waals surface area contributed by atoms with Gasteiger partial charge >= 0.3 is 0 Å². The molecule has 7 nitrogen and oxygen atoms in total. The van der Waals surface area contributed by atoms with Crippen molar-refractivity contribution in [2.75, 3.05) is 11.3 Å². The zero-order chi connectivity index (χ0) is 18.9. The van der Waals surface area contributed by atoms with Crippen LogP contribution in [0.25, 0.3) is 10.9 Å². The van der Waals surface area contributed by atoms with Crippen LogP contribution < -0.4 is 9.46 Å². The summed E-state index contributed by atoms with van der Waals surface area (Å²) in [5, 5.41) is 4.29. The summed E-state index contributed by atoms with van der Waals surface area (Å²) in [5.41, 5.74) is 0.222. The first-order valence-corrected chi connectivity index (χ1v) is 9.71. The largest absolute Gasteiger partial charge is 0.492 e. The van der Waals surface area contributed by atoms with E-state index in [-0.39, 0.29) is 16.1 Å². The minimum atomic E-state index is -3.87. The molecular weight excluding hydrogens is 354 g/mol. The summed E-state index contributed by atoms with van der Waals surface area (Å²) >= 11 is 0. The van der Waals surface area contributed by atoms with Gasteiger partial charge in [0.2, 0.25) is 0 Å². The monoisotopic (exact) mass is 375 g/mol. The Morgan fingerprint density at radius 3 is 2.65 bits per heavy atom. The summed E-state index contributed by atoms with van der Waals surface area (Å²) < 4.78 is 39.0. The van der Waals surface area contributed by atoms with Gasteiger partial charge in [0.05, 0.1) is 11.5 Å². The van der Waals surface area contributed by atoms with E-state index in [0.29, 0.717) is 29.0 Å². The minimum Gasteiger partial charge on any atom is -0.492 e. The third-order valence-electron chi connectivity index (χ3n) is 3.77. The summed E-state index contributed by atoms with van der Waals surface area (Å²) in [7, 11) is -3.87. The van der Waals surface area contributed by atoms with Crippen molar-refractivity contribution in [3.8, 4) is 5.75 Å². The smallest absolute Gasteiger partial charge is 0.263 e. The van der Waals surface area contributed by atoms with Crippen LogP contribution >= 0.6 is 0 Å². The van der Waals surface area contributed by atoms with Crippen molar-refractivity contribution >= 4 is 26.7 Å². The van der Waals surface area contributed by atoms with Crippen LogP contribution in [0.15, 0.2) is 45.9 Å². The van der Waals surface area contributed by atoms with Crippen LogP contribution in [-0.4, -0.2) is 25.2 Å². The molecule has 1 aromatic carbocycles. The predicted octanol–water partition coefficient (Wildman–Crippen LogP) is 3.72. The second-order valence-electron chi connectivity index (χ2n) is 6.83. The molecule has 0 fully saturated rings. The maximum atomic E-state index is 12.9. The number of nitrogens with zero attached hydrogens (tertiary/aromatic N) is 2. The van der Waals surface area contributed by atoms with Gasteiger partial charge in [-0.05, 0) is 31.2 Å². The van der Waals surface area contributed by atoms with E-state index in [1.807, 2.05) is 27.7 Å². The van der Waals surface area contributed by atoms with Gasteiger partial charge in [0.25, 0.3) is 10.0 Å². The zero-order valence-corrected chi connectivity index (χ0v) is 15.9. The first-order valence-electron chi connectivity index (χ1n) is 8.23. The quantitative estimate of drug-likeness (QED) is 0.730. The summed E-state index contributed by atoms with van der Waals surface area (Å²) in [5.74, 6) is 1.27. The highest BCUT2D eigenvalue weighted by Gasteiger charge is 2.24. The van der Waals surface area contributed by atoms with Crippen LogP contribution in [0.1, 0.15) is 33.5 Å². The van der Waals surface area contributed by atoms with Gasteiger partial charge in [-0.25, -0.2) is 8.42 Å². The average Bonchev–Trinajstić information content (AvgIpc) is 3.03. The molecule has 0 saturated heterocycles. The molecule has 0 bridgehead atoms. The van der Waals surface area contributed by atoms with Gasteiger partial charge in [-0.3, -0.25) is 9.71 Å². The molecular formula is C18H21N3O4S. The molecule has 0 aliphatic rings. The number of ether oxygens (including phenoxy) is 1. The highest BCUT2D eigenvalue weighted by Crippen LogP contribution is 2.31. The topological polar surface area (TPSA) is 94.3 Å². The SMILES string of the molecule is CCOc1ccc(S(=O)(=O)Nc2cc(C(C)(C)C)on2)c2cccnc12. The molecule has 0 unspecified atom stereocenters. The Bertz CT molecular complexity index is 1040. The van der Waals surface area contributed by atoms with Gasteiger partial charge in [0, 0.05) is 23.1 Å². The van der Waals surface area contributed by atoms with E-state index >= 15 is 0 Å². The second-order valence-corrected chi connectivity index (χ2v) is 8.48. The van der Waals surface area contributed by atoms with Crippen molar-refractivity contribution in [1.29, 1.82) is 0 Å². The number of sulfonamides is 1. The van der Waals surface area contributed by atoms with Crippen LogP contribution in [-0.2, 0) is 15.4 Å².